The number of ether oxygens (including phenoxy) is 2. The van der Waals surface area contributed by atoms with E-state index in [1.807, 2.05) is 65.6 Å². The number of hydrogen-bond acceptors (Lipinski definition) is 7. The largest absolute Gasteiger partial charge is 0.383 e. The monoisotopic (exact) mass is 601 g/mol. The number of methoxy groups -OCH3 is 1. The minimum Gasteiger partial charge on any atom is -0.383 e. The Balaban J connectivity index is 0.000000245. The molecule has 1 aliphatic heterocycles. The highest BCUT2D eigenvalue weighted by Crippen LogP contribution is 2.26. The second-order valence-corrected chi connectivity index (χ2v) is 11.3. The van der Waals surface area contributed by atoms with Gasteiger partial charge in [0.1, 0.15) is 17.8 Å². The van der Waals surface area contributed by atoms with Crippen molar-refractivity contribution < 1.29 is 23.9 Å². The Morgan fingerprint density at radius 3 is 2.36 bits per heavy atom. The summed E-state index contributed by atoms with van der Waals surface area (Å²) in [5.41, 5.74) is 7.13. The van der Waals surface area contributed by atoms with E-state index in [1.54, 1.807) is 38.0 Å². The molecule has 0 saturated carbocycles. The number of rotatable bonds is 12. The van der Waals surface area contributed by atoms with Crippen molar-refractivity contribution in [3.8, 4) is 12.3 Å². The van der Waals surface area contributed by atoms with Gasteiger partial charge in [0.2, 0.25) is 5.91 Å². The van der Waals surface area contributed by atoms with E-state index in [1.165, 1.54) is 6.92 Å². The molecule has 10 heteroatoms. The quantitative estimate of drug-likeness (QED) is 0.305. The smallest absolute Gasteiger partial charge is 0.250 e. The third-order valence-electron chi connectivity index (χ3n) is 7.19. The summed E-state index contributed by atoms with van der Waals surface area (Å²) in [6.45, 7) is 6.44. The van der Waals surface area contributed by atoms with Crippen LogP contribution in [0.2, 0.25) is 0 Å². The first-order valence-electron chi connectivity index (χ1n) is 14.6. The number of nitrogens with two attached hydrogens (primary N) is 1. The fourth-order valence-electron chi connectivity index (χ4n) is 4.75. The summed E-state index contributed by atoms with van der Waals surface area (Å²) >= 11 is 0. The molecule has 3 aromatic rings. The van der Waals surface area contributed by atoms with Crippen LogP contribution < -0.4 is 11.1 Å². The zero-order valence-corrected chi connectivity index (χ0v) is 25.9. The number of likely N-dealkylation sites (tertiary alicyclic amines) is 1. The molecule has 3 atom stereocenters. The Morgan fingerprint density at radius 1 is 1.14 bits per heavy atom. The van der Waals surface area contributed by atoms with Gasteiger partial charge in [-0.15, -0.1) is 6.42 Å². The average molecular weight is 602 g/mol. The number of ketones is 1. The lowest BCUT2D eigenvalue weighted by atomic mass is 10.0. The first-order valence-corrected chi connectivity index (χ1v) is 14.6. The molecule has 0 bridgehead atoms. The standard InChI is InChI=1S/C19H21N3O2.C15H22N2O3/c1-3-16-12-21(14-20-16)18(15-8-5-4-6-9-15)19(23)22-11-7-10-17(22)13-24-2;1-11(18)13(17-14(19)15(2,3)16)10-20-9-12-7-5-4-6-8-12/h1,4-6,8-9,12,14,17-18H,7,10-11,13H2,2H3;4-8,13H,9-10,16H2,1-3H3,(H,17,19)/t17-,18?;13-/m11/s1. The van der Waals surface area contributed by atoms with Gasteiger partial charge in [0, 0.05) is 19.9 Å². The lowest BCUT2D eigenvalue weighted by Crippen LogP contribution is -2.54. The number of carbonyl (C=O) groups is 3. The topological polar surface area (TPSA) is 129 Å². The SMILES string of the molecule is C#Cc1cn(C(C(=O)N2CCC[C@@H]2COC)c2ccccc2)cn1.CC(=O)[C@@H](COCc1ccccc1)NC(=O)C(C)(C)N. The summed E-state index contributed by atoms with van der Waals surface area (Å²) in [4.78, 5) is 42.7. The van der Waals surface area contributed by atoms with Gasteiger partial charge in [-0.3, -0.25) is 14.4 Å². The number of aromatic nitrogens is 2. The highest BCUT2D eigenvalue weighted by Gasteiger charge is 2.34. The summed E-state index contributed by atoms with van der Waals surface area (Å²) < 4.78 is 12.6. The predicted octanol–water partition coefficient (Wildman–Crippen LogP) is 3.11. The van der Waals surface area contributed by atoms with E-state index in [0.29, 0.717) is 18.9 Å². The number of hydrogen-bond donors (Lipinski definition) is 2. The van der Waals surface area contributed by atoms with Crippen molar-refractivity contribution in [2.45, 2.75) is 63.9 Å². The van der Waals surface area contributed by atoms with Crippen molar-refractivity contribution in [2.24, 2.45) is 5.73 Å². The number of amides is 2. The number of nitrogens with zero attached hydrogens (tertiary/aromatic N) is 3. The van der Waals surface area contributed by atoms with Crippen molar-refractivity contribution in [1.82, 2.24) is 19.8 Å². The molecule has 2 heterocycles. The number of carbonyl (C=O) groups excluding carboxylic acids is 3. The Kier molecular flexibility index (Phi) is 12.8. The zero-order valence-electron chi connectivity index (χ0n) is 25.9. The molecular formula is C34H43N5O5. The first-order chi connectivity index (χ1) is 21.0. The second-order valence-electron chi connectivity index (χ2n) is 11.3. The molecule has 2 aromatic carbocycles. The van der Waals surface area contributed by atoms with Crippen molar-refractivity contribution >= 4 is 17.6 Å². The number of Topliss-reactive ketones (excluding diaryl/α,β-unsaturated/α-hetero) is 1. The molecule has 0 radical (unpaired) electrons. The summed E-state index contributed by atoms with van der Waals surface area (Å²) in [6, 6.07) is 18.3. The van der Waals surface area contributed by atoms with Crippen LogP contribution in [0.4, 0.5) is 0 Å². The zero-order chi connectivity index (χ0) is 32.1. The van der Waals surface area contributed by atoms with Gasteiger partial charge in [0.15, 0.2) is 5.78 Å². The Bertz CT molecular complexity index is 1390. The van der Waals surface area contributed by atoms with E-state index in [0.717, 1.165) is 30.5 Å². The summed E-state index contributed by atoms with van der Waals surface area (Å²) in [5.74, 6) is 2.04. The number of imidazole rings is 1. The van der Waals surface area contributed by atoms with Gasteiger partial charge in [-0.05, 0) is 50.7 Å². The van der Waals surface area contributed by atoms with Gasteiger partial charge in [0.05, 0.1) is 37.7 Å². The summed E-state index contributed by atoms with van der Waals surface area (Å²) in [6.07, 6.45) is 10.8. The van der Waals surface area contributed by atoms with E-state index in [4.69, 9.17) is 21.6 Å². The normalized spacial score (nSPS) is 15.8. The van der Waals surface area contributed by atoms with Crippen LogP contribution in [0.15, 0.2) is 73.2 Å². The van der Waals surface area contributed by atoms with Crippen LogP contribution in [0.25, 0.3) is 0 Å². The average Bonchev–Trinajstić information content (AvgIpc) is 3.68. The molecule has 1 saturated heterocycles. The van der Waals surface area contributed by atoms with Crippen LogP contribution in [0.5, 0.6) is 0 Å². The molecule has 1 fully saturated rings. The van der Waals surface area contributed by atoms with Crippen molar-refractivity contribution in [3.05, 3.63) is 90.0 Å². The third-order valence-corrected chi connectivity index (χ3v) is 7.19. The van der Waals surface area contributed by atoms with Crippen LogP contribution >= 0.6 is 0 Å². The maximum absolute atomic E-state index is 13.3. The number of benzene rings is 2. The Morgan fingerprint density at radius 2 is 1.80 bits per heavy atom. The van der Waals surface area contributed by atoms with Gasteiger partial charge in [-0.1, -0.05) is 60.7 Å². The minimum atomic E-state index is -1.02. The maximum Gasteiger partial charge on any atom is 0.250 e. The van der Waals surface area contributed by atoms with Crippen molar-refractivity contribution in [3.63, 3.8) is 0 Å². The number of nitrogens with one attached hydrogen (secondary N) is 1. The highest BCUT2D eigenvalue weighted by molar-refractivity contribution is 5.91. The first kappa shape index (κ1) is 34.2. The fraction of sp³-hybridized carbons (Fsp3) is 0.412. The molecule has 1 aromatic heterocycles. The van der Waals surface area contributed by atoms with Crippen LogP contribution in [0.3, 0.4) is 0 Å². The molecular weight excluding hydrogens is 558 g/mol. The molecule has 4 rings (SSSR count). The molecule has 2 amide bonds. The van der Waals surface area contributed by atoms with E-state index in [-0.39, 0.29) is 30.2 Å². The van der Waals surface area contributed by atoms with Gasteiger partial charge in [0.25, 0.3) is 5.91 Å². The molecule has 0 aliphatic carbocycles. The van der Waals surface area contributed by atoms with Crippen LogP contribution in [0, 0.1) is 12.3 Å². The van der Waals surface area contributed by atoms with E-state index < -0.39 is 17.6 Å². The van der Waals surface area contributed by atoms with Crippen LogP contribution in [0.1, 0.15) is 56.5 Å². The molecule has 3 N–H and O–H groups in total. The maximum atomic E-state index is 13.3. The van der Waals surface area contributed by atoms with Crippen molar-refractivity contribution in [2.75, 3.05) is 26.9 Å². The van der Waals surface area contributed by atoms with Crippen molar-refractivity contribution in [1.29, 1.82) is 0 Å². The summed E-state index contributed by atoms with van der Waals surface area (Å²) in [7, 11) is 1.67. The van der Waals surface area contributed by atoms with Gasteiger partial charge in [-0.25, -0.2) is 4.98 Å². The Labute approximate surface area is 259 Å². The third kappa shape index (κ3) is 9.88. The van der Waals surface area contributed by atoms with Gasteiger partial charge < -0.3 is 30.0 Å². The highest BCUT2D eigenvalue weighted by atomic mass is 16.5. The molecule has 10 nitrogen and oxygen atoms in total. The molecule has 234 valence electrons. The predicted molar refractivity (Wildman–Crippen MR) is 168 cm³/mol. The Hall–Kier alpha value is -4.30. The molecule has 1 unspecified atom stereocenters. The summed E-state index contributed by atoms with van der Waals surface area (Å²) in [5, 5.41) is 2.60. The minimum absolute atomic E-state index is 0.0571. The molecule has 1 aliphatic rings. The van der Waals surface area contributed by atoms with Crippen LogP contribution in [-0.2, 0) is 30.5 Å². The van der Waals surface area contributed by atoms with E-state index in [2.05, 4.69) is 16.2 Å². The number of terminal acetylenes is 1. The molecule has 0 spiro atoms. The van der Waals surface area contributed by atoms with E-state index in [9.17, 15) is 14.4 Å². The molecule has 44 heavy (non-hydrogen) atoms. The van der Waals surface area contributed by atoms with Crippen LogP contribution in [-0.4, -0.2) is 76.5 Å². The second kappa shape index (κ2) is 16.5. The van der Waals surface area contributed by atoms with E-state index >= 15 is 0 Å². The lowest BCUT2D eigenvalue weighted by Gasteiger charge is -2.29. The van der Waals surface area contributed by atoms with Gasteiger partial charge >= 0.3 is 0 Å². The van der Waals surface area contributed by atoms with Gasteiger partial charge in [-0.2, -0.15) is 0 Å². The lowest BCUT2D eigenvalue weighted by molar-refractivity contribution is -0.135. The fourth-order valence-corrected chi connectivity index (χ4v) is 4.75.